The molecule has 2 amide bonds. The third-order valence-electron chi connectivity index (χ3n) is 2.42. The van der Waals surface area contributed by atoms with Crippen LogP contribution >= 0.6 is 11.6 Å². The fourth-order valence-corrected chi connectivity index (χ4v) is 1.74. The van der Waals surface area contributed by atoms with Gasteiger partial charge in [-0.3, -0.25) is 4.68 Å². The van der Waals surface area contributed by atoms with Crippen LogP contribution in [0.25, 0.3) is 0 Å². The summed E-state index contributed by atoms with van der Waals surface area (Å²) in [4.78, 5) is 22.6. The van der Waals surface area contributed by atoms with E-state index in [0.717, 1.165) is 0 Å². The Labute approximate surface area is 119 Å². The maximum atomic E-state index is 11.7. The Morgan fingerprint density at radius 3 is 2.60 bits per heavy atom. The van der Waals surface area contributed by atoms with Gasteiger partial charge in [-0.1, -0.05) is 11.6 Å². The number of carbonyl (C=O) groups is 2. The molecule has 1 aromatic heterocycles. The summed E-state index contributed by atoms with van der Waals surface area (Å²) in [5, 5.41) is 18.0. The minimum atomic E-state index is -1.16. The second-order valence-corrected chi connectivity index (χ2v) is 4.39. The maximum Gasteiger partial charge on any atom is 0.337 e. The summed E-state index contributed by atoms with van der Waals surface area (Å²) in [5.74, 6) is -1.16. The molecule has 0 saturated heterocycles. The third-order valence-corrected chi connectivity index (χ3v) is 2.75. The molecule has 0 aliphatic carbocycles. The number of amides is 2. The highest BCUT2D eigenvalue weighted by Crippen LogP contribution is 2.20. The number of halogens is 1. The van der Waals surface area contributed by atoms with Crippen molar-refractivity contribution in [3.8, 4) is 0 Å². The first kappa shape index (κ1) is 13.9. The molecule has 104 valence electrons. The van der Waals surface area contributed by atoms with Gasteiger partial charge in [-0.2, -0.15) is 5.10 Å². The Bertz CT molecular complexity index is 668. The molecule has 8 heteroatoms. The molecule has 0 spiro atoms. The number of hydrogen-bond donors (Lipinski definition) is 3. The van der Waals surface area contributed by atoms with Crippen molar-refractivity contribution in [1.82, 2.24) is 9.78 Å². The Kier molecular flexibility index (Phi) is 3.90. The Balaban J connectivity index is 2.08. The van der Waals surface area contributed by atoms with E-state index in [9.17, 15) is 9.59 Å². The monoisotopic (exact) mass is 294 g/mol. The van der Waals surface area contributed by atoms with Crippen LogP contribution in [0.4, 0.5) is 16.2 Å². The quantitative estimate of drug-likeness (QED) is 0.810. The summed E-state index contributed by atoms with van der Waals surface area (Å²) in [5.41, 5.74) is 0.774. The summed E-state index contributed by atoms with van der Waals surface area (Å²) in [6.07, 6.45) is 3.12. The first-order valence-corrected chi connectivity index (χ1v) is 5.93. The fraction of sp³-hybridized carbons (Fsp3) is 0.0833. The van der Waals surface area contributed by atoms with Crippen molar-refractivity contribution in [3.63, 3.8) is 0 Å². The second kappa shape index (κ2) is 5.62. The molecular weight excluding hydrogens is 284 g/mol. The molecular formula is C12H11ClN4O3. The number of urea groups is 1. The third kappa shape index (κ3) is 3.27. The summed E-state index contributed by atoms with van der Waals surface area (Å²) in [7, 11) is 1.72. The van der Waals surface area contributed by atoms with E-state index in [4.69, 9.17) is 16.7 Å². The molecule has 0 unspecified atom stereocenters. The lowest BCUT2D eigenvalue weighted by molar-refractivity contribution is 0.0697. The molecule has 1 aromatic carbocycles. The number of nitrogens with zero attached hydrogens (tertiary/aromatic N) is 2. The number of nitrogens with one attached hydrogen (secondary N) is 2. The lowest BCUT2D eigenvalue weighted by atomic mass is 10.2. The molecule has 0 aliphatic rings. The van der Waals surface area contributed by atoms with Crippen molar-refractivity contribution in [3.05, 3.63) is 41.2 Å². The predicted octanol–water partition coefficient (Wildman–Crippen LogP) is 2.42. The zero-order chi connectivity index (χ0) is 14.7. The highest BCUT2D eigenvalue weighted by molar-refractivity contribution is 6.33. The maximum absolute atomic E-state index is 11.7. The number of carboxylic acid groups (broad SMARTS) is 1. The van der Waals surface area contributed by atoms with E-state index in [1.807, 2.05) is 0 Å². The normalized spacial score (nSPS) is 10.1. The van der Waals surface area contributed by atoms with Crippen LogP contribution in [0, 0.1) is 0 Å². The molecule has 7 nitrogen and oxygen atoms in total. The van der Waals surface area contributed by atoms with Crippen molar-refractivity contribution in [2.75, 3.05) is 10.6 Å². The van der Waals surface area contributed by atoms with E-state index in [1.54, 1.807) is 17.9 Å². The van der Waals surface area contributed by atoms with Crippen molar-refractivity contribution >= 4 is 35.0 Å². The molecule has 2 aromatic rings. The Hall–Kier alpha value is -2.54. The van der Waals surface area contributed by atoms with Crippen LogP contribution in [0.1, 0.15) is 10.4 Å². The van der Waals surface area contributed by atoms with E-state index < -0.39 is 12.0 Å². The lowest BCUT2D eigenvalue weighted by Gasteiger charge is -2.07. The smallest absolute Gasteiger partial charge is 0.337 e. The number of rotatable bonds is 3. The fourth-order valence-electron chi connectivity index (χ4n) is 1.55. The molecule has 0 fully saturated rings. The van der Waals surface area contributed by atoms with Gasteiger partial charge in [0.1, 0.15) is 0 Å². The van der Waals surface area contributed by atoms with E-state index in [-0.39, 0.29) is 10.6 Å². The molecule has 0 bridgehead atoms. The minimum absolute atomic E-state index is 0.0779. The molecule has 0 atom stereocenters. The molecule has 0 aliphatic heterocycles. The summed E-state index contributed by atoms with van der Waals surface area (Å²) in [6, 6.07) is 3.70. The molecule has 20 heavy (non-hydrogen) atoms. The van der Waals surface area contributed by atoms with Crippen molar-refractivity contribution in [1.29, 1.82) is 0 Å². The van der Waals surface area contributed by atoms with E-state index in [1.165, 1.54) is 24.4 Å². The summed E-state index contributed by atoms with van der Waals surface area (Å²) < 4.78 is 1.54. The van der Waals surface area contributed by atoms with E-state index in [2.05, 4.69) is 15.7 Å². The molecule has 0 saturated carbocycles. The topological polar surface area (TPSA) is 96.2 Å². The highest BCUT2D eigenvalue weighted by Gasteiger charge is 2.11. The zero-order valence-corrected chi connectivity index (χ0v) is 11.2. The van der Waals surface area contributed by atoms with Crippen LogP contribution in [-0.2, 0) is 7.05 Å². The number of hydrogen-bond acceptors (Lipinski definition) is 3. The van der Waals surface area contributed by atoms with Crippen LogP contribution in [0.5, 0.6) is 0 Å². The van der Waals surface area contributed by atoms with Crippen LogP contribution in [-0.4, -0.2) is 26.9 Å². The van der Waals surface area contributed by atoms with Gasteiger partial charge in [0.05, 0.1) is 22.5 Å². The van der Waals surface area contributed by atoms with Gasteiger partial charge in [0.15, 0.2) is 0 Å². The number of aromatic carboxylic acids is 1. The second-order valence-electron chi connectivity index (χ2n) is 3.98. The van der Waals surface area contributed by atoms with Crippen molar-refractivity contribution in [2.24, 2.45) is 7.05 Å². The van der Waals surface area contributed by atoms with Crippen LogP contribution < -0.4 is 10.6 Å². The lowest BCUT2D eigenvalue weighted by Crippen LogP contribution is -2.19. The van der Waals surface area contributed by atoms with Gasteiger partial charge < -0.3 is 15.7 Å². The molecule has 3 N–H and O–H groups in total. The number of carboxylic acids is 1. The van der Waals surface area contributed by atoms with Gasteiger partial charge in [-0.25, -0.2) is 9.59 Å². The number of anilines is 2. The largest absolute Gasteiger partial charge is 0.478 e. The molecule has 1 heterocycles. The van der Waals surface area contributed by atoms with Crippen LogP contribution in [0.15, 0.2) is 30.6 Å². The minimum Gasteiger partial charge on any atom is -0.478 e. The van der Waals surface area contributed by atoms with E-state index >= 15 is 0 Å². The van der Waals surface area contributed by atoms with Gasteiger partial charge in [0, 0.05) is 18.9 Å². The number of aromatic nitrogens is 2. The SMILES string of the molecule is Cn1cc(NC(=O)Nc2ccc(Cl)c(C(=O)O)c2)cn1. The van der Waals surface area contributed by atoms with Crippen LogP contribution in [0.3, 0.4) is 0 Å². The van der Waals surface area contributed by atoms with Crippen LogP contribution in [0.2, 0.25) is 5.02 Å². The average molecular weight is 295 g/mol. The summed E-state index contributed by atoms with van der Waals surface area (Å²) >= 11 is 5.74. The highest BCUT2D eigenvalue weighted by atomic mass is 35.5. The first-order chi connectivity index (χ1) is 9.45. The Morgan fingerprint density at radius 1 is 1.30 bits per heavy atom. The van der Waals surface area contributed by atoms with Crippen molar-refractivity contribution in [2.45, 2.75) is 0 Å². The standard InChI is InChI=1S/C12H11ClN4O3/c1-17-6-8(5-14-17)16-12(20)15-7-2-3-10(13)9(4-7)11(18)19/h2-6H,1H3,(H,18,19)(H2,15,16,20). The zero-order valence-electron chi connectivity index (χ0n) is 10.4. The first-order valence-electron chi connectivity index (χ1n) is 5.55. The van der Waals surface area contributed by atoms with Gasteiger partial charge in [-0.15, -0.1) is 0 Å². The average Bonchev–Trinajstić information content (AvgIpc) is 2.76. The number of aryl methyl sites for hydroxylation is 1. The number of carbonyl (C=O) groups excluding carboxylic acids is 1. The number of benzene rings is 1. The van der Waals surface area contributed by atoms with Gasteiger partial charge in [0.25, 0.3) is 0 Å². The van der Waals surface area contributed by atoms with Gasteiger partial charge >= 0.3 is 12.0 Å². The van der Waals surface area contributed by atoms with Gasteiger partial charge in [-0.05, 0) is 18.2 Å². The molecule has 2 rings (SSSR count). The molecule has 0 radical (unpaired) electrons. The predicted molar refractivity (Wildman–Crippen MR) is 74.3 cm³/mol. The van der Waals surface area contributed by atoms with Crippen molar-refractivity contribution < 1.29 is 14.7 Å². The van der Waals surface area contributed by atoms with E-state index in [0.29, 0.717) is 11.4 Å². The summed E-state index contributed by atoms with van der Waals surface area (Å²) in [6.45, 7) is 0. The van der Waals surface area contributed by atoms with Gasteiger partial charge in [0.2, 0.25) is 0 Å². The Morgan fingerprint density at radius 2 is 2.00 bits per heavy atom.